The second-order valence-electron chi connectivity index (χ2n) is 4.41. The first-order valence-corrected chi connectivity index (χ1v) is 6.88. The summed E-state index contributed by atoms with van der Waals surface area (Å²) in [5, 5.41) is 10.4. The number of rotatable bonds is 6. The lowest BCUT2D eigenvalue weighted by molar-refractivity contribution is 0.219. The highest BCUT2D eigenvalue weighted by Gasteiger charge is 2.11. The number of hydrogen-bond acceptors (Lipinski definition) is 3. The smallest absolute Gasteiger partial charge is 0.119 e. The van der Waals surface area contributed by atoms with Gasteiger partial charge in [0.25, 0.3) is 0 Å². The van der Waals surface area contributed by atoms with E-state index in [1.807, 2.05) is 62.4 Å². The van der Waals surface area contributed by atoms with Crippen LogP contribution < -0.4 is 9.47 Å². The number of benzene rings is 2. The maximum Gasteiger partial charge on any atom is 0.119 e. The third-order valence-corrected chi connectivity index (χ3v) is 2.99. The molecule has 0 aliphatic carbocycles. The second kappa shape index (κ2) is 6.96. The normalized spacial score (nSPS) is 11.9. The van der Waals surface area contributed by atoms with Crippen LogP contribution in [-0.4, -0.2) is 18.3 Å². The van der Waals surface area contributed by atoms with Gasteiger partial charge in [0.05, 0.1) is 13.2 Å². The molecular formula is C17H20O3. The van der Waals surface area contributed by atoms with Gasteiger partial charge in [0.2, 0.25) is 0 Å². The SMILES string of the molecule is CCOc1ccc(C(O)c2cccc(OCC)c2)cc1. The Bertz CT molecular complexity index is 534. The van der Waals surface area contributed by atoms with Crippen molar-refractivity contribution in [2.45, 2.75) is 20.0 Å². The fraction of sp³-hybridized carbons (Fsp3) is 0.294. The molecule has 0 heterocycles. The van der Waals surface area contributed by atoms with Crippen LogP contribution in [0.25, 0.3) is 0 Å². The molecule has 0 radical (unpaired) electrons. The molecule has 0 spiro atoms. The van der Waals surface area contributed by atoms with Crippen LogP contribution in [0.5, 0.6) is 11.5 Å². The van der Waals surface area contributed by atoms with E-state index in [9.17, 15) is 5.11 Å². The minimum atomic E-state index is -0.661. The van der Waals surface area contributed by atoms with Crippen LogP contribution in [-0.2, 0) is 0 Å². The van der Waals surface area contributed by atoms with E-state index in [0.717, 1.165) is 22.6 Å². The molecule has 1 N–H and O–H groups in total. The van der Waals surface area contributed by atoms with Crippen molar-refractivity contribution in [1.29, 1.82) is 0 Å². The lowest BCUT2D eigenvalue weighted by Gasteiger charge is -2.13. The Morgan fingerprint density at radius 2 is 1.50 bits per heavy atom. The zero-order valence-electron chi connectivity index (χ0n) is 11.9. The molecule has 0 aromatic heterocycles. The molecule has 2 aromatic rings. The lowest BCUT2D eigenvalue weighted by atomic mass is 10.0. The molecule has 3 heteroatoms. The maximum atomic E-state index is 10.4. The minimum Gasteiger partial charge on any atom is -0.494 e. The van der Waals surface area contributed by atoms with Crippen molar-refractivity contribution in [2.75, 3.05) is 13.2 Å². The summed E-state index contributed by atoms with van der Waals surface area (Å²) in [6, 6.07) is 15.0. The van der Waals surface area contributed by atoms with E-state index < -0.39 is 6.10 Å². The van der Waals surface area contributed by atoms with Crippen LogP contribution in [0, 0.1) is 0 Å². The van der Waals surface area contributed by atoms with Crippen molar-refractivity contribution >= 4 is 0 Å². The zero-order chi connectivity index (χ0) is 14.4. The summed E-state index contributed by atoms with van der Waals surface area (Å²) >= 11 is 0. The highest BCUT2D eigenvalue weighted by atomic mass is 16.5. The number of ether oxygens (including phenoxy) is 2. The molecule has 20 heavy (non-hydrogen) atoms. The Morgan fingerprint density at radius 3 is 2.15 bits per heavy atom. The molecule has 0 aliphatic rings. The Hall–Kier alpha value is -2.00. The topological polar surface area (TPSA) is 38.7 Å². The standard InChI is InChI=1S/C17H20O3/c1-3-19-15-10-8-13(9-11-15)17(18)14-6-5-7-16(12-14)20-4-2/h5-12,17-18H,3-4H2,1-2H3. The summed E-state index contributed by atoms with van der Waals surface area (Å²) in [6.07, 6.45) is -0.661. The van der Waals surface area contributed by atoms with Crippen LogP contribution >= 0.6 is 0 Å². The number of hydrogen-bond donors (Lipinski definition) is 1. The zero-order valence-corrected chi connectivity index (χ0v) is 11.9. The monoisotopic (exact) mass is 272 g/mol. The minimum absolute atomic E-state index is 0.614. The van der Waals surface area contributed by atoms with Gasteiger partial charge in [-0.15, -0.1) is 0 Å². The molecule has 2 aromatic carbocycles. The third kappa shape index (κ3) is 3.52. The Kier molecular flexibility index (Phi) is 5.02. The van der Waals surface area contributed by atoms with Crippen LogP contribution in [0.1, 0.15) is 31.1 Å². The van der Waals surface area contributed by atoms with Crippen molar-refractivity contribution in [3.63, 3.8) is 0 Å². The first-order chi connectivity index (χ1) is 9.74. The van der Waals surface area contributed by atoms with E-state index in [2.05, 4.69) is 0 Å². The molecule has 0 saturated carbocycles. The van der Waals surface area contributed by atoms with Gasteiger partial charge in [-0.2, -0.15) is 0 Å². The van der Waals surface area contributed by atoms with Crippen LogP contribution in [0.4, 0.5) is 0 Å². The van der Waals surface area contributed by atoms with Gasteiger partial charge in [-0.1, -0.05) is 24.3 Å². The summed E-state index contributed by atoms with van der Waals surface area (Å²) in [5.41, 5.74) is 1.65. The fourth-order valence-electron chi connectivity index (χ4n) is 2.05. The van der Waals surface area contributed by atoms with E-state index >= 15 is 0 Å². The van der Waals surface area contributed by atoms with Gasteiger partial charge in [-0.05, 0) is 49.2 Å². The van der Waals surface area contributed by atoms with E-state index in [4.69, 9.17) is 9.47 Å². The second-order valence-corrected chi connectivity index (χ2v) is 4.41. The fourth-order valence-corrected chi connectivity index (χ4v) is 2.05. The highest BCUT2D eigenvalue weighted by molar-refractivity contribution is 5.37. The van der Waals surface area contributed by atoms with E-state index in [-0.39, 0.29) is 0 Å². The molecular weight excluding hydrogens is 252 g/mol. The van der Waals surface area contributed by atoms with Gasteiger partial charge in [-0.25, -0.2) is 0 Å². The quantitative estimate of drug-likeness (QED) is 0.873. The molecule has 0 amide bonds. The van der Waals surface area contributed by atoms with Gasteiger partial charge in [0.1, 0.15) is 17.6 Å². The van der Waals surface area contributed by atoms with Gasteiger partial charge in [0.15, 0.2) is 0 Å². The Morgan fingerprint density at radius 1 is 0.850 bits per heavy atom. The molecule has 106 valence electrons. The molecule has 1 unspecified atom stereocenters. The molecule has 0 aliphatic heterocycles. The molecule has 2 rings (SSSR count). The summed E-state index contributed by atoms with van der Waals surface area (Å²) in [6.45, 7) is 5.14. The maximum absolute atomic E-state index is 10.4. The largest absolute Gasteiger partial charge is 0.494 e. The van der Waals surface area contributed by atoms with E-state index in [0.29, 0.717) is 13.2 Å². The van der Waals surface area contributed by atoms with Gasteiger partial charge >= 0.3 is 0 Å². The van der Waals surface area contributed by atoms with Crippen molar-refractivity contribution < 1.29 is 14.6 Å². The summed E-state index contributed by atoms with van der Waals surface area (Å²) < 4.78 is 10.8. The van der Waals surface area contributed by atoms with Crippen molar-refractivity contribution in [1.82, 2.24) is 0 Å². The van der Waals surface area contributed by atoms with Crippen LogP contribution in [0.3, 0.4) is 0 Å². The predicted octanol–water partition coefficient (Wildman–Crippen LogP) is 3.57. The summed E-state index contributed by atoms with van der Waals surface area (Å²) in [5.74, 6) is 1.58. The lowest BCUT2D eigenvalue weighted by Crippen LogP contribution is -2.01. The van der Waals surface area contributed by atoms with Gasteiger partial charge in [-0.3, -0.25) is 0 Å². The average Bonchev–Trinajstić information content (AvgIpc) is 2.48. The molecule has 0 bridgehead atoms. The van der Waals surface area contributed by atoms with E-state index in [1.165, 1.54) is 0 Å². The van der Waals surface area contributed by atoms with Crippen molar-refractivity contribution in [2.24, 2.45) is 0 Å². The summed E-state index contributed by atoms with van der Waals surface area (Å²) in [4.78, 5) is 0. The number of aliphatic hydroxyl groups excluding tert-OH is 1. The predicted molar refractivity (Wildman–Crippen MR) is 79.3 cm³/mol. The first-order valence-electron chi connectivity index (χ1n) is 6.88. The molecule has 0 fully saturated rings. The van der Waals surface area contributed by atoms with Crippen LogP contribution in [0.15, 0.2) is 48.5 Å². The van der Waals surface area contributed by atoms with Crippen LogP contribution in [0.2, 0.25) is 0 Å². The third-order valence-electron chi connectivity index (χ3n) is 2.99. The summed E-state index contributed by atoms with van der Waals surface area (Å²) in [7, 11) is 0. The van der Waals surface area contributed by atoms with Gasteiger partial charge < -0.3 is 14.6 Å². The van der Waals surface area contributed by atoms with E-state index in [1.54, 1.807) is 0 Å². The average molecular weight is 272 g/mol. The van der Waals surface area contributed by atoms with Crippen molar-refractivity contribution in [3.8, 4) is 11.5 Å². The number of aliphatic hydroxyl groups is 1. The first kappa shape index (κ1) is 14.4. The Labute approximate surface area is 119 Å². The highest BCUT2D eigenvalue weighted by Crippen LogP contribution is 2.26. The van der Waals surface area contributed by atoms with Gasteiger partial charge in [0, 0.05) is 0 Å². The Balaban J connectivity index is 2.17. The molecule has 3 nitrogen and oxygen atoms in total. The van der Waals surface area contributed by atoms with Crippen molar-refractivity contribution in [3.05, 3.63) is 59.7 Å². The molecule has 0 saturated heterocycles. The molecule has 1 atom stereocenters.